The van der Waals surface area contributed by atoms with Crippen molar-refractivity contribution in [2.24, 2.45) is 5.73 Å². The summed E-state index contributed by atoms with van der Waals surface area (Å²) < 4.78 is 25.7. The number of nitrogens with zero attached hydrogens (tertiary/aromatic N) is 1. The highest BCUT2D eigenvalue weighted by Gasteiger charge is 2.42. The summed E-state index contributed by atoms with van der Waals surface area (Å²) in [7, 11) is -4.03. The molecule has 0 saturated carbocycles. The zero-order chi connectivity index (χ0) is 15.8. The van der Waals surface area contributed by atoms with E-state index in [9.17, 15) is 23.1 Å². The molecule has 21 heavy (non-hydrogen) atoms. The fraction of sp³-hybridized carbons (Fsp3) is 0.333. The van der Waals surface area contributed by atoms with Gasteiger partial charge in [0.15, 0.2) is 0 Å². The molecule has 4 N–H and O–H groups in total. The molecule has 2 rings (SSSR count). The Kier molecular flexibility index (Phi) is 3.99. The van der Waals surface area contributed by atoms with Crippen molar-refractivity contribution in [1.82, 2.24) is 4.31 Å². The fourth-order valence-corrected chi connectivity index (χ4v) is 3.86. The molecule has 0 radical (unpaired) electrons. The van der Waals surface area contributed by atoms with Crippen LogP contribution in [-0.2, 0) is 14.8 Å². The van der Waals surface area contributed by atoms with Gasteiger partial charge in [-0.2, -0.15) is 4.31 Å². The Bertz CT molecular complexity index is 669. The molecule has 0 aliphatic carbocycles. The number of β-amino-alcohol motifs (C(OH)–C–C–N with tert-alkyl or cyclic N) is 1. The summed E-state index contributed by atoms with van der Waals surface area (Å²) in [5, 5.41) is 18.3. The summed E-state index contributed by atoms with van der Waals surface area (Å²) in [6.07, 6.45) is -1.02. The number of aliphatic hydroxyl groups excluding tert-OH is 1. The third-order valence-corrected chi connectivity index (χ3v) is 5.16. The molecule has 2 unspecified atom stereocenters. The van der Waals surface area contributed by atoms with Gasteiger partial charge in [-0.25, -0.2) is 13.2 Å². The van der Waals surface area contributed by atoms with E-state index in [-0.39, 0.29) is 23.4 Å². The number of benzene rings is 1. The predicted molar refractivity (Wildman–Crippen MR) is 70.9 cm³/mol. The lowest BCUT2D eigenvalue weighted by Gasteiger charge is -2.21. The first-order chi connectivity index (χ1) is 9.73. The molecule has 8 nitrogen and oxygen atoms in total. The van der Waals surface area contributed by atoms with Crippen LogP contribution in [0.5, 0.6) is 0 Å². The second kappa shape index (κ2) is 5.43. The Morgan fingerprint density at radius 1 is 1.24 bits per heavy atom. The lowest BCUT2D eigenvalue weighted by atomic mass is 10.2. The number of carboxylic acids is 1. The van der Waals surface area contributed by atoms with Crippen LogP contribution in [0.4, 0.5) is 0 Å². The van der Waals surface area contributed by atoms with E-state index in [0.29, 0.717) is 0 Å². The molecule has 1 aliphatic rings. The highest BCUT2D eigenvalue weighted by molar-refractivity contribution is 7.89. The first-order valence-corrected chi connectivity index (χ1v) is 7.50. The Balaban J connectivity index is 2.37. The van der Waals surface area contributed by atoms with E-state index in [1.807, 2.05) is 0 Å². The molecule has 1 aromatic rings. The van der Waals surface area contributed by atoms with Crippen molar-refractivity contribution in [1.29, 1.82) is 0 Å². The van der Waals surface area contributed by atoms with Gasteiger partial charge in [0.2, 0.25) is 15.9 Å². The number of carboxylic acid groups (broad SMARTS) is 1. The van der Waals surface area contributed by atoms with Crippen molar-refractivity contribution >= 4 is 21.9 Å². The summed E-state index contributed by atoms with van der Waals surface area (Å²) in [5.41, 5.74) is 5.10. The Labute approximate surface area is 120 Å². The number of nitrogens with two attached hydrogens (primary N) is 1. The van der Waals surface area contributed by atoms with Crippen LogP contribution < -0.4 is 5.73 Å². The largest absolute Gasteiger partial charge is 0.478 e. The highest BCUT2D eigenvalue weighted by Crippen LogP contribution is 2.26. The zero-order valence-corrected chi connectivity index (χ0v) is 11.7. The van der Waals surface area contributed by atoms with E-state index in [1.165, 1.54) is 0 Å². The van der Waals surface area contributed by atoms with Gasteiger partial charge in [0.1, 0.15) is 6.04 Å². The van der Waals surface area contributed by atoms with Gasteiger partial charge in [-0.3, -0.25) is 4.79 Å². The predicted octanol–water partition coefficient (Wildman–Crippen LogP) is -1.01. The lowest BCUT2D eigenvalue weighted by Crippen LogP contribution is -2.43. The quantitative estimate of drug-likeness (QED) is 0.651. The van der Waals surface area contributed by atoms with Crippen LogP contribution >= 0.6 is 0 Å². The summed E-state index contributed by atoms with van der Waals surface area (Å²) >= 11 is 0. The average Bonchev–Trinajstić information content (AvgIpc) is 2.82. The molecular formula is C12H14N2O6S. The van der Waals surface area contributed by atoms with E-state index in [2.05, 4.69) is 0 Å². The lowest BCUT2D eigenvalue weighted by molar-refractivity contribution is -0.121. The van der Waals surface area contributed by atoms with Gasteiger partial charge in [-0.15, -0.1) is 0 Å². The van der Waals surface area contributed by atoms with E-state index in [4.69, 9.17) is 10.8 Å². The number of aromatic carboxylic acids is 1. The van der Waals surface area contributed by atoms with Crippen LogP contribution in [0, 0.1) is 0 Å². The molecule has 1 saturated heterocycles. The van der Waals surface area contributed by atoms with Crippen molar-refractivity contribution in [3.8, 4) is 0 Å². The molecule has 1 aromatic carbocycles. The SMILES string of the molecule is NC(=O)C1CC(O)CN1S(=O)(=O)c1ccc(C(=O)O)cc1. The number of sulfonamides is 1. The van der Waals surface area contributed by atoms with E-state index in [0.717, 1.165) is 28.6 Å². The number of aliphatic hydroxyl groups is 1. The maximum Gasteiger partial charge on any atom is 0.335 e. The topological polar surface area (TPSA) is 138 Å². The number of rotatable bonds is 4. The van der Waals surface area contributed by atoms with Crippen molar-refractivity contribution in [2.45, 2.75) is 23.5 Å². The molecule has 9 heteroatoms. The zero-order valence-electron chi connectivity index (χ0n) is 10.8. The van der Waals surface area contributed by atoms with Gasteiger partial charge in [0, 0.05) is 13.0 Å². The first kappa shape index (κ1) is 15.4. The fourth-order valence-electron chi connectivity index (χ4n) is 2.21. The van der Waals surface area contributed by atoms with Crippen molar-refractivity contribution in [3.05, 3.63) is 29.8 Å². The summed E-state index contributed by atoms with van der Waals surface area (Å²) in [6, 6.07) is 3.48. The molecule has 1 heterocycles. The molecule has 2 atom stereocenters. The Morgan fingerprint density at radius 2 is 1.81 bits per heavy atom. The maximum atomic E-state index is 12.4. The van der Waals surface area contributed by atoms with Gasteiger partial charge in [0.25, 0.3) is 0 Å². The molecule has 0 spiro atoms. The van der Waals surface area contributed by atoms with Crippen molar-refractivity contribution in [2.75, 3.05) is 6.54 Å². The van der Waals surface area contributed by atoms with E-state index >= 15 is 0 Å². The van der Waals surface area contributed by atoms with Gasteiger partial charge < -0.3 is 15.9 Å². The first-order valence-electron chi connectivity index (χ1n) is 6.06. The van der Waals surface area contributed by atoms with Crippen LogP contribution in [0.15, 0.2) is 29.2 Å². The summed E-state index contributed by atoms with van der Waals surface area (Å²) in [5.74, 6) is -2.01. The minimum atomic E-state index is -4.03. The maximum absolute atomic E-state index is 12.4. The minimum Gasteiger partial charge on any atom is -0.478 e. The van der Waals surface area contributed by atoms with Crippen LogP contribution in [0.2, 0.25) is 0 Å². The van der Waals surface area contributed by atoms with Crippen LogP contribution in [0.1, 0.15) is 16.8 Å². The van der Waals surface area contributed by atoms with Gasteiger partial charge in [0.05, 0.1) is 16.6 Å². The minimum absolute atomic E-state index is 0.0538. The Morgan fingerprint density at radius 3 is 2.29 bits per heavy atom. The smallest absolute Gasteiger partial charge is 0.335 e. The number of hydrogen-bond donors (Lipinski definition) is 3. The molecule has 0 bridgehead atoms. The number of primary amides is 1. The Hall–Kier alpha value is -1.97. The monoisotopic (exact) mass is 314 g/mol. The molecule has 1 aliphatic heterocycles. The highest BCUT2D eigenvalue weighted by atomic mass is 32.2. The van der Waals surface area contributed by atoms with Gasteiger partial charge >= 0.3 is 5.97 Å². The average molecular weight is 314 g/mol. The summed E-state index contributed by atoms with van der Waals surface area (Å²) in [6.45, 7) is -0.226. The standard InChI is InChI=1S/C12H14N2O6S/c13-11(16)10-5-8(15)6-14(10)21(19,20)9-3-1-7(2-4-9)12(17)18/h1-4,8,10,15H,5-6H2,(H2,13,16)(H,17,18). The second-order valence-electron chi connectivity index (χ2n) is 4.71. The van der Waals surface area contributed by atoms with Crippen LogP contribution in [0.25, 0.3) is 0 Å². The number of hydrogen-bond acceptors (Lipinski definition) is 5. The van der Waals surface area contributed by atoms with Gasteiger partial charge in [-0.05, 0) is 24.3 Å². The molecule has 114 valence electrons. The van der Waals surface area contributed by atoms with Crippen molar-refractivity contribution in [3.63, 3.8) is 0 Å². The second-order valence-corrected chi connectivity index (χ2v) is 6.60. The van der Waals surface area contributed by atoms with Gasteiger partial charge in [-0.1, -0.05) is 0 Å². The van der Waals surface area contributed by atoms with E-state index in [1.54, 1.807) is 0 Å². The number of amides is 1. The normalized spacial score (nSPS) is 23.1. The van der Waals surface area contributed by atoms with Crippen molar-refractivity contribution < 1.29 is 28.2 Å². The third-order valence-electron chi connectivity index (χ3n) is 3.27. The molecule has 1 fully saturated rings. The molecule has 0 aromatic heterocycles. The van der Waals surface area contributed by atoms with Crippen LogP contribution in [-0.4, -0.2) is 53.5 Å². The van der Waals surface area contributed by atoms with E-state index < -0.39 is 34.0 Å². The number of carbonyl (C=O) groups excluding carboxylic acids is 1. The van der Waals surface area contributed by atoms with Crippen LogP contribution in [0.3, 0.4) is 0 Å². The number of carbonyl (C=O) groups is 2. The summed E-state index contributed by atoms with van der Waals surface area (Å²) in [4.78, 5) is 21.9. The molecule has 1 amide bonds. The molecular weight excluding hydrogens is 300 g/mol. The third kappa shape index (κ3) is 2.89.